The van der Waals surface area contributed by atoms with E-state index in [-0.39, 0.29) is 6.04 Å². The third-order valence-electron chi connectivity index (χ3n) is 3.77. The van der Waals surface area contributed by atoms with Crippen molar-refractivity contribution in [3.8, 4) is 0 Å². The molecule has 2 aromatic carbocycles. The number of nitrogens with two attached hydrogens (primary N) is 1. The van der Waals surface area contributed by atoms with Gasteiger partial charge in [-0.2, -0.15) is 0 Å². The third-order valence-corrected chi connectivity index (χ3v) is 3.77. The molecular weight excluding hydrogens is 247 g/mol. The van der Waals surface area contributed by atoms with Crippen LogP contribution in [0.2, 0.25) is 0 Å². The van der Waals surface area contributed by atoms with Crippen molar-refractivity contribution in [2.75, 3.05) is 4.90 Å². The van der Waals surface area contributed by atoms with E-state index < -0.39 is 6.23 Å². The number of aliphatic hydroxyl groups excluding tert-OH is 1. The van der Waals surface area contributed by atoms with Crippen molar-refractivity contribution in [1.82, 2.24) is 0 Å². The number of hydrogen-bond acceptors (Lipinski definition) is 3. The van der Waals surface area contributed by atoms with Gasteiger partial charge < -0.3 is 15.7 Å². The van der Waals surface area contributed by atoms with Gasteiger partial charge in [0.05, 0.1) is 6.04 Å². The highest BCUT2D eigenvalue weighted by Gasteiger charge is 2.30. The molecule has 1 aliphatic rings. The van der Waals surface area contributed by atoms with E-state index in [0.717, 1.165) is 22.3 Å². The number of anilines is 1. The van der Waals surface area contributed by atoms with Crippen molar-refractivity contribution in [3.05, 3.63) is 59.7 Å². The number of aliphatic hydroxyl groups is 1. The molecule has 0 aliphatic carbocycles. The monoisotopic (exact) mass is 264 g/mol. The zero-order valence-electron chi connectivity index (χ0n) is 11.2. The Labute approximate surface area is 120 Å². The van der Waals surface area contributed by atoms with E-state index >= 15 is 0 Å². The normalized spacial score (nSPS) is 21.6. The van der Waals surface area contributed by atoms with E-state index in [2.05, 4.69) is 0 Å². The Morgan fingerprint density at radius 2 is 1.95 bits per heavy atom. The Kier molecular flexibility index (Phi) is 3.51. The van der Waals surface area contributed by atoms with Crippen LogP contribution in [0.1, 0.15) is 11.1 Å². The second-order valence-electron chi connectivity index (χ2n) is 5.28. The van der Waals surface area contributed by atoms with Gasteiger partial charge in [-0.25, -0.2) is 0 Å². The van der Waals surface area contributed by atoms with Gasteiger partial charge in [0, 0.05) is 12.2 Å². The fourth-order valence-corrected chi connectivity index (χ4v) is 2.74. The molecule has 3 rings (SSSR count). The summed E-state index contributed by atoms with van der Waals surface area (Å²) in [4.78, 5) is 1.94. The second-order valence-corrected chi connectivity index (χ2v) is 5.28. The lowest BCUT2D eigenvalue weighted by Gasteiger charge is -2.39. The number of hydrogen-bond donors (Lipinski definition) is 2. The first-order chi connectivity index (χ1) is 9.65. The Hall–Kier alpha value is -1.78. The molecule has 0 spiro atoms. The summed E-state index contributed by atoms with van der Waals surface area (Å²) in [5, 5.41) is 10.4. The van der Waals surface area contributed by atoms with Gasteiger partial charge in [0.15, 0.2) is 0 Å². The smallest absolute Gasteiger partial charge is 0.142 e. The Balaban J connectivity index is 1.97. The summed E-state index contributed by atoms with van der Waals surface area (Å²) in [6.07, 6.45) is -0.0290. The van der Waals surface area contributed by atoms with Crippen LogP contribution in [0.15, 0.2) is 48.5 Å². The largest absolute Gasteiger partial charge is 0.372 e. The summed E-state index contributed by atoms with van der Waals surface area (Å²) in [5.41, 5.74) is 10.0. The molecule has 0 fully saturated rings. The third kappa shape index (κ3) is 2.44. The summed E-state index contributed by atoms with van der Waals surface area (Å²) >= 11 is 0. The van der Waals surface area contributed by atoms with E-state index in [1.807, 2.05) is 53.4 Å². The summed E-state index contributed by atoms with van der Waals surface area (Å²) < 4.78 is 0. The van der Waals surface area contributed by atoms with Crippen molar-refractivity contribution in [1.29, 1.82) is 0 Å². The molecule has 0 bridgehead atoms. The molecule has 0 saturated heterocycles. The lowest BCUT2D eigenvalue weighted by Crippen LogP contribution is -2.52. The van der Waals surface area contributed by atoms with Gasteiger partial charge in [0.1, 0.15) is 14.1 Å². The minimum absolute atomic E-state index is 0.298. The highest BCUT2D eigenvalue weighted by Crippen LogP contribution is 2.30. The highest BCUT2D eigenvalue weighted by atomic mass is 16.3. The highest BCUT2D eigenvalue weighted by molar-refractivity contribution is 6.32. The predicted molar refractivity (Wildman–Crippen MR) is 82.1 cm³/mol. The molecule has 2 unspecified atom stereocenters. The molecule has 0 saturated carbocycles. The number of nitrogens with zero attached hydrogens (tertiary/aromatic N) is 1. The first-order valence-corrected chi connectivity index (χ1v) is 6.78. The molecule has 2 atom stereocenters. The standard InChI is InChI=1S/C16H17BN2O/c17-13-6-7-15-12(8-13)9-14(18)16(20)19(15)10-11-4-2-1-3-5-11/h1-8,14,16,20H,9-10,18H2. The SMILES string of the molecule is [B]c1ccc2c(c1)CC(N)C(O)N2Cc1ccccc1. The average molecular weight is 264 g/mol. The van der Waals surface area contributed by atoms with Crippen LogP contribution < -0.4 is 16.1 Å². The van der Waals surface area contributed by atoms with Crippen LogP contribution in [0.5, 0.6) is 0 Å². The Morgan fingerprint density at radius 1 is 1.20 bits per heavy atom. The quantitative estimate of drug-likeness (QED) is 0.785. The average Bonchev–Trinajstić information content (AvgIpc) is 2.45. The van der Waals surface area contributed by atoms with Crippen molar-refractivity contribution < 1.29 is 5.11 Å². The van der Waals surface area contributed by atoms with Crippen LogP contribution in [-0.4, -0.2) is 25.2 Å². The minimum atomic E-state index is -0.675. The van der Waals surface area contributed by atoms with Crippen LogP contribution in [0.4, 0.5) is 5.69 Å². The fraction of sp³-hybridized carbons (Fsp3) is 0.250. The lowest BCUT2D eigenvalue weighted by atomic mass is 9.88. The lowest BCUT2D eigenvalue weighted by molar-refractivity contribution is 0.131. The van der Waals surface area contributed by atoms with E-state index in [1.54, 1.807) is 0 Å². The van der Waals surface area contributed by atoms with E-state index in [1.165, 1.54) is 0 Å². The maximum atomic E-state index is 10.4. The number of fused-ring (bicyclic) bond motifs is 1. The van der Waals surface area contributed by atoms with Gasteiger partial charge in [-0.1, -0.05) is 47.9 Å². The van der Waals surface area contributed by atoms with Gasteiger partial charge in [-0.05, 0) is 23.6 Å². The van der Waals surface area contributed by atoms with Crippen LogP contribution in [0.25, 0.3) is 0 Å². The first-order valence-electron chi connectivity index (χ1n) is 6.78. The molecule has 0 amide bonds. The maximum Gasteiger partial charge on any atom is 0.142 e. The van der Waals surface area contributed by atoms with Gasteiger partial charge >= 0.3 is 0 Å². The van der Waals surface area contributed by atoms with E-state index in [9.17, 15) is 5.11 Å². The van der Waals surface area contributed by atoms with Gasteiger partial charge in [0.2, 0.25) is 0 Å². The fourth-order valence-electron chi connectivity index (χ4n) is 2.74. The number of rotatable bonds is 2. The zero-order valence-corrected chi connectivity index (χ0v) is 11.2. The van der Waals surface area contributed by atoms with Gasteiger partial charge in [-0.3, -0.25) is 0 Å². The molecule has 1 aliphatic heterocycles. The van der Waals surface area contributed by atoms with Gasteiger partial charge in [0.25, 0.3) is 0 Å². The van der Waals surface area contributed by atoms with Crippen LogP contribution in [0.3, 0.4) is 0 Å². The summed E-state index contributed by atoms with van der Waals surface area (Å²) in [5.74, 6) is 0. The van der Waals surface area contributed by atoms with Gasteiger partial charge in [-0.15, -0.1) is 0 Å². The number of benzene rings is 2. The molecule has 4 heteroatoms. The summed E-state index contributed by atoms with van der Waals surface area (Å²) in [6, 6.07) is 15.5. The molecule has 2 radical (unpaired) electrons. The van der Waals surface area contributed by atoms with Crippen LogP contribution in [-0.2, 0) is 13.0 Å². The molecule has 20 heavy (non-hydrogen) atoms. The summed E-state index contributed by atoms with van der Waals surface area (Å²) in [6.45, 7) is 0.632. The molecule has 100 valence electrons. The maximum absolute atomic E-state index is 10.4. The minimum Gasteiger partial charge on any atom is -0.372 e. The molecule has 3 N–H and O–H groups in total. The van der Waals surface area contributed by atoms with Crippen LogP contribution in [0, 0.1) is 0 Å². The van der Waals surface area contributed by atoms with Crippen molar-refractivity contribution in [2.24, 2.45) is 5.73 Å². The van der Waals surface area contributed by atoms with Crippen molar-refractivity contribution in [2.45, 2.75) is 25.2 Å². The molecule has 1 heterocycles. The topological polar surface area (TPSA) is 49.5 Å². The summed E-state index contributed by atoms with van der Waals surface area (Å²) in [7, 11) is 5.84. The molecule has 2 aromatic rings. The second kappa shape index (κ2) is 5.31. The molecular formula is C16H17BN2O. The van der Waals surface area contributed by atoms with Crippen LogP contribution >= 0.6 is 0 Å². The molecule has 0 aromatic heterocycles. The molecule has 3 nitrogen and oxygen atoms in total. The predicted octanol–water partition coefficient (Wildman–Crippen LogP) is 0.689. The van der Waals surface area contributed by atoms with Crippen molar-refractivity contribution >= 4 is 19.0 Å². The van der Waals surface area contributed by atoms with E-state index in [4.69, 9.17) is 13.6 Å². The zero-order chi connectivity index (χ0) is 14.1. The van der Waals surface area contributed by atoms with Crippen molar-refractivity contribution in [3.63, 3.8) is 0 Å². The Morgan fingerprint density at radius 3 is 2.70 bits per heavy atom. The Bertz CT molecular complexity index is 603. The first kappa shape index (κ1) is 13.2. The van der Waals surface area contributed by atoms with E-state index in [0.29, 0.717) is 13.0 Å².